The van der Waals surface area contributed by atoms with Gasteiger partial charge >= 0.3 is 5.97 Å². The smallest absolute Gasteiger partial charge is 0.321 e. The van der Waals surface area contributed by atoms with Crippen LogP contribution in [0.2, 0.25) is 0 Å². The van der Waals surface area contributed by atoms with E-state index in [0.717, 1.165) is 0 Å². The van der Waals surface area contributed by atoms with Crippen LogP contribution in [0.1, 0.15) is 24.8 Å². The molecule has 1 aromatic rings. The molecule has 2 unspecified atom stereocenters. The fraction of sp³-hybridized carbons (Fsp3) is 0.364. The summed E-state index contributed by atoms with van der Waals surface area (Å²) in [6, 6.07) is 4.81. The Kier molecular flexibility index (Phi) is 4.17. The third-order valence-electron chi connectivity index (χ3n) is 2.69. The standard InChI is InChI=1S/C11H14N2O4/c1-2-9(10(12)11(14)15)7-3-5-8(6-4-7)13(16)17/h3-6,9-10H,2,12H2,1H3,(H,14,15). The summed E-state index contributed by atoms with van der Waals surface area (Å²) in [7, 11) is 0. The van der Waals surface area contributed by atoms with Crippen LogP contribution in [-0.4, -0.2) is 22.0 Å². The molecule has 0 aliphatic rings. The fourth-order valence-corrected chi connectivity index (χ4v) is 1.71. The number of nitrogens with two attached hydrogens (primary N) is 1. The van der Waals surface area contributed by atoms with Crippen molar-refractivity contribution >= 4 is 11.7 Å². The van der Waals surface area contributed by atoms with Crippen molar-refractivity contribution in [3.63, 3.8) is 0 Å². The minimum absolute atomic E-state index is 0.0208. The second-order valence-corrected chi connectivity index (χ2v) is 3.73. The Hall–Kier alpha value is -1.95. The Morgan fingerprint density at radius 3 is 2.35 bits per heavy atom. The van der Waals surface area contributed by atoms with E-state index in [1.165, 1.54) is 12.1 Å². The van der Waals surface area contributed by atoms with Crippen molar-refractivity contribution in [1.29, 1.82) is 0 Å². The first-order chi connectivity index (χ1) is 7.97. The Morgan fingerprint density at radius 2 is 2.00 bits per heavy atom. The van der Waals surface area contributed by atoms with Crippen LogP contribution in [0.25, 0.3) is 0 Å². The van der Waals surface area contributed by atoms with Crippen molar-refractivity contribution < 1.29 is 14.8 Å². The molecule has 2 atom stereocenters. The molecule has 0 saturated heterocycles. The number of nitro groups is 1. The van der Waals surface area contributed by atoms with Crippen LogP contribution < -0.4 is 5.73 Å². The molecular weight excluding hydrogens is 224 g/mol. The van der Waals surface area contributed by atoms with Gasteiger partial charge in [-0.1, -0.05) is 19.1 Å². The highest BCUT2D eigenvalue weighted by Gasteiger charge is 2.24. The summed E-state index contributed by atoms with van der Waals surface area (Å²) in [4.78, 5) is 20.8. The van der Waals surface area contributed by atoms with Crippen LogP contribution in [0, 0.1) is 10.1 Å². The first-order valence-electron chi connectivity index (χ1n) is 5.20. The number of nitrogens with zero attached hydrogens (tertiary/aromatic N) is 1. The Balaban J connectivity index is 2.97. The Morgan fingerprint density at radius 1 is 1.47 bits per heavy atom. The number of benzene rings is 1. The SMILES string of the molecule is CCC(c1ccc([N+](=O)[O-])cc1)C(N)C(=O)O. The third kappa shape index (κ3) is 3.01. The normalized spacial score (nSPS) is 14.0. The molecule has 0 aliphatic heterocycles. The quantitative estimate of drug-likeness (QED) is 0.597. The number of carboxylic acids is 1. The van der Waals surface area contributed by atoms with E-state index in [1.807, 2.05) is 6.92 Å². The number of aliphatic carboxylic acids is 1. The lowest BCUT2D eigenvalue weighted by Crippen LogP contribution is -2.36. The van der Waals surface area contributed by atoms with Crippen LogP contribution in [0.3, 0.4) is 0 Å². The molecule has 0 aromatic heterocycles. The van der Waals surface area contributed by atoms with E-state index in [-0.39, 0.29) is 11.6 Å². The third-order valence-corrected chi connectivity index (χ3v) is 2.69. The molecule has 0 fully saturated rings. The second-order valence-electron chi connectivity index (χ2n) is 3.73. The summed E-state index contributed by atoms with van der Waals surface area (Å²) in [6.45, 7) is 1.83. The molecule has 92 valence electrons. The molecule has 0 spiro atoms. The van der Waals surface area contributed by atoms with Crippen LogP contribution in [0.5, 0.6) is 0 Å². The van der Waals surface area contributed by atoms with Crippen LogP contribution in [0.15, 0.2) is 24.3 Å². The lowest BCUT2D eigenvalue weighted by Gasteiger charge is -2.19. The van der Waals surface area contributed by atoms with Gasteiger partial charge in [0.2, 0.25) is 0 Å². The fourth-order valence-electron chi connectivity index (χ4n) is 1.71. The molecule has 17 heavy (non-hydrogen) atoms. The van der Waals surface area contributed by atoms with Crippen molar-refractivity contribution in [2.45, 2.75) is 25.3 Å². The van der Waals surface area contributed by atoms with Gasteiger partial charge in [-0.25, -0.2) is 0 Å². The first kappa shape index (κ1) is 13.1. The van der Waals surface area contributed by atoms with Crippen molar-refractivity contribution in [3.05, 3.63) is 39.9 Å². The summed E-state index contributed by atoms with van der Waals surface area (Å²) in [6.07, 6.45) is 0.561. The average molecular weight is 238 g/mol. The summed E-state index contributed by atoms with van der Waals surface area (Å²) in [5.41, 5.74) is 6.25. The van der Waals surface area contributed by atoms with Crippen LogP contribution in [0.4, 0.5) is 5.69 Å². The molecule has 0 saturated carbocycles. The molecule has 0 bridgehead atoms. The number of hydrogen-bond acceptors (Lipinski definition) is 4. The first-order valence-corrected chi connectivity index (χ1v) is 5.20. The van der Waals surface area contributed by atoms with E-state index in [2.05, 4.69) is 0 Å². The van der Waals surface area contributed by atoms with Crippen LogP contribution >= 0.6 is 0 Å². The molecule has 0 heterocycles. The van der Waals surface area contributed by atoms with E-state index in [1.54, 1.807) is 12.1 Å². The molecule has 0 radical (unpaired) electrons. The van der Waals surface area contributed by atoms with Crippen molar-refractivity contribution in [2.24, 2.45) is 5.73 Å². The van der Waals surface area contributed by atoms with Gasteiger partial charge < -0.3 is 10.8 Å². The zero-order chi connectivity index (χ0) is 13.0. The van der Waals surface area contributed by atoms with Gasteiger partial charge in [-0.15, -0.1) is 0 Å². The summed E-state index contributed by atoms with van der Waals surface area (Å²) >= 11 is 0. The summed E-state index contributed by atoms with van der Waals surface area (Å²) in [5.74, 6) is -1.41. The van der Waals surface area contributed by atoms with Gasteiger partial charge in [-0.05, 0) is 12.0 Å². The van der Waals surface area contributed by atoms with E-state index in [4.69, 9.17) is 10.8 Å². The van der Waals surface area contributed by atoms with E-state index in [0.29, 0.717) is 12.0 Å². The zero-order valence-corrected chi connectivity index (χ0v) is 9.37. The lowest BCUT2D eigenvalue weighted by molar-refractivity contribution is -0.384. The summed E-state index contributed by atoms with van der Waals surface area (Å²) in [5, 5.41) is 19.3. The van der Waals surface area contributed by atoms with Gasteiger partial charge in [0.05, 0.1) is 4.92 Å². The largest absolute Gasteiger partial charge is 0.480 e. The maximum absolute atomic E-state index is 10.8. The molecular formula is C11H14N2O4. The highest BCUT2D eigenvalue weighted by molar-refractivity contribution is 5.74. The maximum atomic E-state index is 10.8. The number of non-ortho nitro benzene ring substituents is 1. The Labute approximate surface area is 98.2 Å². The van der Waals surface area contributed by atoms with Crippen molar-refractivity contribution in [1.82, 2.24) is 0 Å². The van der Waals surface area contributed by atoms with Crippen molar-refractivity contribution in [3.8, 4) is 0 Å². The highest BCUT2D eigenvalue weighted by Crippen LogP contribution is 2.24. The number of carbonyl (C=O) groups is 1. The van der Waals surface area contributed by atoms with Gasteiger partial charge in [-0.3, -0.25) is 14.9 Å². The number of rotatable bonds is 5. The van der Waals surface area contributed by atoms with Gasteiger partial charge in [0, 0.05) is 18.1 Å². The van der Waals surface area contributed by atoms with E-state index >= 15 is 0 Å². The number of nitro benzene ring substituents is 1. The molecule has 3 N–H and O–H groups in total. The summed E-state index contributed by atoms with van der Waals surface area (Å²) < 4.78 is 0. The van der Waals surface area contributed by atoms with Gasteiger partial charge in [0.1, 0.15) is 6.04 Å². The van der Waals surface area contributed by atoms with Gasteiger partial charge in [0.25, 0.3) is 5.69 Å². The minimum Gasteiger partial charge on any atom is -0.480 e. The molecule has 6 nitrogen and oxygen atoms in total. The second kappa shape index (κ2) is 5.40. The predicted molar refractivity (Wildman–Crippen MR) is 61.7 cm³/mol. The minimum atomic E-state index is -1.07. The molecule has 1 aromatic carbocycles. The highest BCUT2D eigenvalue weighted by atomic mass is 16.6. The van der Waals surface area contributed by atoms with Gasteiger partial charge in [-0.2, -0.15) is 0 Å². The maximum Gasteiger partial charge on any atom is 0.321 e. The molecule has 1 rings (SSSR count). The molecule has 0 amide bonds. The van der Waals surface area contributed by atoms with E-state index in [9.17, 15) is 14.9 Å². The monoisotopic (exact) mass is 238 g/mol. The topological polar surface area (TPSA) is 106 Å². The zero-order valence-electron chi connectivity index (χ0n) is 9.37. The molecule has 0 aliphatic carbocycles. The predicted octanol–water partition coefficient (Wildman–Crippen LogP) is 1.50. The van der Waals surface area contributed by atoms with E-state index < -0.39 is 16.9 Å². The number of hydrogen-bond donors (Lipinski definition) is 2. The molecule has 6 heteroatoms. The van der Waals surface area contributed by atoms with Crippen molar-refractivity contribution in [2.75, 3.05) is 0 Å². The number of carboxylic acid groups (broad SMARTS) is 1. The average Bonchev–Trinajstić information content (AvgIpc) is 2.30. The van der Waals surface area contributed by atoms with Crippen LogP contribution in [-0.2, 0) is 4.79 Å². The Bertz CT molecular complexity index is 416. The lowest BCUT2D eigenvalue weighted by atomic mass is 9.89. The van der Waals surface area contributed by atoms with Gasteiger partial charge in [0.15, 0.2) is 0 Å².